The summed E-state index contributed by atoms with van der Waals surface area (Å²) >= 11 is 0. The van der Waals surface area contributed by atoms with E-state index in [-0.39, 0.29) is 11.4 Å². The molecule has 1 heterocycles. The van der Waals surface area contributed by atoms with E-state index in [1.165, 1.54) is 17.5 Å². The van der Waals surface area contributed by atoms with Crippen molar-refractivity contribution in [3.05, 3.63) is 34.9 Å². The molecule has 19 heavy (non-hydrogen) atoms. The molecule has 0 unspecified atom stereocenters. The molecule has 0 spiro atoms. The standard InChI is InChI=1S/C16H22N2O/c1-2-16(8-4-9-16)18-15(19)14-6-3-5-12-11-17-10-7-13(12)14/h3,5-6,17H,2,4,7-11H2,1H3,(H,18,19). The quantitative estimate of drug-likeness (QED) is 0.874. The summed E-state index contributed by atoms with van der Waals surface area (Å²) in [6.45, 7) is 4.02. The van der Waals surface area contributed by atoms with Crippen molar-refractivity contribution >= 4 is 5.91 Å². The van der Waals surface area contributed by atoms with Gasteiger partial charge in [-0.05, 0) is 55.8 Å². The fourth-order valence-corrected chi connectivity index (χ4v) is 3.22. The lowest BCUT2D eigenvalue weighted by Gasteiger charge is -2.42. The number of benzene rings is 1. The molecule has 0 atom stereocenters. The number of rotatable bonds is 3. The first-order chi connectivity index (χ1) is 9.24. The van der Waals surface area contributed by atoms with Crippen LogP contribution < -0.4 is 10.6 Å². The van der Waals surface area contributed by atoms with E-state index in [9.17, 15) is 4.79 Å². The summed E-state index contributed by atoms with van der Waals surface area (Å²) in [6, 6.07) is 6.10. The summed E-state index contributed by atoms with van der Waals surface area (Å²) in [6.07, 6.45) is 5.50. The van der Waals surface area contributed by atoms with Gasteiger partial charge in [0.2, 0.25) is 0 Å². The Morgan fingerprint density at radius 2 is 2.26 bits per heavy atom. The van der Waals surface area contributed by atoms with E-state index in [1.807, 2.05) is 12.1 Å². The van der Waals surface area contributed by atoms with E-state index in [1.54, 1.807) is 0 Å². The van der Waals surface area contributed by atoms with Crippen molar-refractivity contribution in [2.45, 2.75) is 51.1 Å². The molecule has 1 aliphatic carbocycles. The van der Waals surface area contributed by atoms with Crippen LogP contribution in [-0.4, -0.2) is 18.0 Å². The highest BCUT2D eigenvalue weighted by Crippen LogP contribution is 2.35. The summed E-state index contributed by atoms with van der Waals surface area (Å²) in [5.41, 5.74) is 3.48. The SMILES string of the molecule is CCC1(NC(=O)c2cccc3c2CCNC3)CCC1. The highest BCUT2D eigenvalue weighted by Gasteiger charge is 2.37. The molecule has 1 aromatic rings. The predicted octanol–water partition coefficient (Wildman–Crippen LogP) is 2.39. The molecule has 1 fully saturated rings. The van der Waals surface area contributed by atoms with Crippen LogP contribution in [0.2, 0.25) is 0 Å². The Morgan fingerprint density at radius 3 is 2.95 bits per heavy atom. The van der Waals surface area contributed by atoms with Gasteiger partial charge in [-0.15, -0.1) is 0 Å². The van der Waals surface area contributed by atoms with Crippen LogP contribution in [-0.2, 0) is 13.0 Å². The predicted molar refractivity (Wildman–Crippen MR) is 76.2 cm³/mol. The van der Waals surface area contributed by atoms with Crippen LogP contribution >= 0.6 is 0 Å². The Hall–Kier alpha value is -1.35. The molecule has 102 valence electrons. The molecule has 2 N–H and O–H groups in total. The normalized spacial score (nSPS) is 20.3. The van der Waals surface area contributed by atoms with Crippen molar-refractivity contribution in [3.8, 4) is 0 Å². The van der Waals surface area contributed by atoms with Crippen LogP contribution in [0.25, 0.3) is 0 Å². The first-order valence-corrected chi connectivity index (χ1v) is 7.38. The summed E-state index contributed by atoms with van der Waals surface area (Å²) in [5, 5.41) is 6.64. The highest BCUT2D eigenvalue weighted by molar-refractivity contribution is 5.96. The molecule has 0 radical (unpaired) electrons. The minimum atomic E-state index is 0.0761. The largest absolute Gasteiger partial charge is 0.347 e. The van der Waals surface area contributed by atoms with E-state index in [0.717, 1.165) is 44.3 Å². The molecule has 1 aliphatic heterocycles. The molecule has 0 saturated heterocycles. The molecule has 1 aromatic carbocycles. The molecular weight excluding hydrogens is 236 g/mol. The van der Waals surface area contributed by atoms with E-state index in [2.05, 4.69) is 23.6 Å². The minimum Gasteiger partial charge on any atom is -0.347 e. The van der Waals surface area contributed by atoms with Crippen LogP contribution in [0.1, 0.15) is 54.1 Å². The van der Waals surface area contributed by atoms with Crippen molar-refractivity contribution in [2.75, 3.05) is 6.54 Å². The average Bonchev–Trinajstić information content (AvgIpc) is 2.42. The van der Waals surface area contributed by atoms with Crippen LogP contribution in [0.3, 0.4) is 0 Å². The van der Waals surface area contributed by atoms with Gasteiger partial charge in [-0.3, -0.25) is 4.79 Å². The van der Waals surface area contributed by atoms with Gasteiger partial charge in [-0.1, -0.05) is 19.1 Å². The van der Waals surface area contributed by atoms with Gasteiger partial charge in [-0.2, -0.15) is 0 Å². The molecule has 1 amide bonds. The maximum Gasteiger partial charge on any atom is 0.251 e. The zero-order valence-corrected chi connectivity index (χ0v) is 11.6. The van der Waals surface area contributed by atoms with Crippen LogP contribution in [0.4, 0.5) is 0 Å². The molecule has 2 aliphatic rings. The molecule has 0 bridgehead atoms. The van der Waals surface area contributed by atoms with Crippen LogP contribution in [0, 0.1) is 0 Å². The molecule has 0 aromatic heterocycles. The monoisotopic (exact) mass is 258 g/mol. The van der Waals surface area contributed by atoms with Crippen LogP contribution in [0.5, 0.6) is 0 Å². The summed E-state index contributed by atoms with van der Waals surface area (Å²) in [5.74, 6) is 0.125. The lowest BCUT2D eigenvalue weighted by molar-refractivity contribution is 0.0819. The first-order valence-electron chi connectivity index (χ1n) is 7.38. The lowest BCUT2D eigenvalue weighted by atomic mass is 9.74. The smallest absolute Gasteiger partial charge is 0.251 e. The van der Waals surface area contributed by atoms with E-state index in [0.29, 0.717) is 0 Å². The summed E-state index contributed by atoms with van der Waals surface area (Å²) in [4.78, 5) is 12.6. The van der Waals surface area contributed by atoms with Crippen LogP contribution in [0.15, 0.2) is 18.2 Å². The number of hydrogen-bond donors (Lipinski definition) is 2. The number of hydrogen-bond acceptors (Lipinski definition) is 2. The minimum absolute atomic E-state index is 0.0761. The fourth-order valence-electron chi connectivity index (χ4n) is 3.22. The van der Waals surface area contributed by atoms with Crippen molar-refractivity contribution in [3.63, 3.8) is 0 Å². The van der Waals surface area contributed by atoms with Gasteiger partial charge in [0.05, 0.1) is 0 Å². The van der Waals surface area contributed by atoms with Gasteiger partial charge < -0.3 is 10.6 Å². The second kappa shape index (κ2) is 4.97. The molecular formula is C16H22N2O. The summed E-state index contributed by atoms with van der Waals surface area (Å²) < 4.78 is 0. The average molecular weight is 258 g/mol. The molecule has 3 nitrogen and oxygen atoms in total. The van der Waals surface area contributed by atoms with Gasteiger partial charge in [-0.25, -0.2) is 0 Å². The van der Waals surface area contributed by atoms with Gasteiger partial charge in [0.25, 0.3) is 5.91 Å². The Labute approximate surface area is 114 Å². The van der Waals surface area contributed by atoms with Gasteiger partial charge >= 0.3 is 0 Å². The van der Waals surface area contributed by atoms with E-state index >= 15 is 0 Å². The Morgan fingerprint density at radius 1 is 1.42 bits per heavy atom. The molecule has 3 rings (SSSR count). The first kappa shape index (κ1) is 12.7. The number of carbonyl (C=O) groups is 1. The Kier molecular flexibility index (Phi) is 3.31. The Bertz CT molecular complexity index is 486. The molecule has 1 saturated carbocycles. The maximum absolute atomic E-state index is 12.6. The van der Waals surface area contributed by atoms with Gasteiger partial charge in [0.1, 0.15) is 0 Å². The number of fused-ring (bicyclic) bond motifs is 1. The number of amides is 1. The van der Waals surface area contributed by atoms with E-state index < -0.39 is 0 Å². The number of carbonyl (C=O) groups excluding carboxylic acids is 1. The maximum atomic E-state index is 12.6. The van der Waals surface area contributed by atoms with Crippen molar-refractivity contribution in [2.24, 2.45) is 0 Å². The zero-order valence-electron chi connectivity index (χ0n) is 11.6. The van der Waals surface area contributed by atoms with Crippen molar-refractivity contribution in [1.82, 2.24) is 10.6 Å². The van der Waals surface area contributed by atoms with Gasteiger partial charge in [0.15, 0.2) is 0 Å². The zero-order chi connectivity index (χ0) is 13.3. The number of nitrogens with one attached hydrogen (secondary N) is 2. The van der Waals surface area contributed by atoms with E-state index in [4.69, 9.17) is 0 Å². The second-order valence-electron chi connectivity index (χ2n) is 5.81. The Balaban J connectivity index is 1.84. The molecule has 3 heteroatoms. The third-order valence-corrected chi connectivity index (χ3v) is 4.75. The highest BCUT2D eigenvalue weighted by atomic mass is 16.1. The third-order valence-electron chi connectivity index (χ3n) is 4.75. The second-order valence-corrected chi connectivity index (χ2v) is 5.81. The topological polar surface area (TPSA) is 41.1 Å². The van der Waals surface area contributed by atoms with Crippen molar-refractivity contribution in [1.29, 1.82) is 0 Å². The fraction of sp³-hybridized carbons (Fsp3) is 0.562. The summed E-state index contributed by atoms with van der Waals surface area (Å²) in [7, 11) is 0. The third kappa shape index (κ3) is 2.27. The lowest BCUT2D eigenvalue weighted by Crippen LogP contribution is -2.53. The van der Waals surface area contributed by atoms with Gasteiger partial charge in [0, 0.05) is 17.6 Å². The van der Waals surface area contributed by atoms with Crippen molar-refractivity contribution < 1.29 is 4.79 Å².